The third kappa shape index (κ3) is 3.01. The van der Waals surface area contributed by atoms with Crippen LogP contribution in [0.15, 0.2) is 24.3 Å². The van der Waals surface area contributed by atoms with Crippen molar-refractivity contribution in [3.05, 3.63) is 35.6 Å². The summed E-state index contributed by atoms with van der Waals surface area (Å²) >= 11 is 0. The van der Waals surface area contributed by atoms with E-state index in [2.05, 4.69) is 0 Å². The number of halogens is 1. The fourth-order valence-electron chi connectivity index (χ4n) is 3.19. The van der Waals surface area contributed by atoms with Crippen LogP contribution in [-0.4, -0.2) is 47.8 Å². The molecule has 1 aliphatic carbocycles. The van der Waals surface area contributed by atoms with E-state index >= 15 is 0 Å². The summed E-state index contributed by atoms with van der Waals surface area (Å²) < 4.78 is 19.7. The van der Waals surface area contributed by atoms with Gasteiger partial charge in [-0.15, -0.1) is 0 Å². The monoisotopic (exact) mass is 307 g/mol. The highest BCUT2D eigenvalue weighted by Gasteiger charge is 2.40. The van der Waals surface area contributed by atoms with Crippen LogP contribution in [0.4, 0.5) is 4.39 Å². The first-order valence-corrected chi connectivity index (χ1v) is 7.90. The third-order valence-electron chi connectivity index (χ3n) is 4.77. The second-order valence-corrected chi connectivity index (χ2v) is 6.35. The highest BCUT2D eigenvalue weighted by atomic mass is 19.1. The van der Waals surface area contributed by atoms with Gasteiger partial charge in [0.1, 0.15) is 11.4 Å². The summed E-state index contributed by atoms with van der Waals surface area (Å²) in [7, 11) is 0. The van der Waals surface area contributed by atoms with Crippen molar-refractivity contribution in [2.24, 2.45) is 5.92 Å². The Hall–Kier alpha value is -1.46. The van der Waals surface area contributed by atoms with Crippen LogP contribution in [0.5, 0.6) is 0 Å². The van der Waals surface area contributed by atoms with E-state index in [0.717, 1.165) is 19.3 Å². The normalized spacial score (nSPS) is 25.8. The van der Waals surface area contributed by atoms with Crippen LogP contribution in [0.1, 0.15) is 24.8 Å². The van der Waals surface area contributed by atoms with Crippen LogP contribution in [0.2, 0.25) is 0 Å². The summed E-state index contributed by atoms with van der Waals surface area (Å²) in [5, 5.41) is 9.82. The SMILES string of the molecule is O=C(C1CCC1)N1CCO[C@@](CO)(Cc2ccccc2F)C1. The quantitative estimate of drug-likeness (QED) is 0.922. The number of aliphatic hydroxyl groups is 1. The second kappa shape index (κ2) is 6.34. The van der Waals surface area contributed by atoms with Crippen LogP contribution < -0.4 is 0 Å². The molecule has 5 heteroatoms. The molecule has 0 bridgehead atoms. The molecule has 0 unspecified atom stereocenters. The molecular formula is C17H22FNO3. The maximum Gasteiger partial charge on any atom is 0.225 e. The van der Waals surface area contributed by atoms with E-state index < -0.39 is 5.60 Å². The Morgan fingerprint density at radius 1 is 1.41 bits per heavy atom. The lowest BCUT2D eigenvalue weighted by Crippen LogP contribution is -2.58. The molecule has 1 aromatic rings. The van der Waals surface area contributed by atoms with Gasteiger partial charge < -0.3 is 14.7 Å². The molecule has 1 saturated carbocycles. The first kappa shape index (κ1) is 15.4. The summed E-state index contributed by atoms with van der Waals surface area (Å²) in [5.74, 6) is -0.0229. The number of morpholine rings is 1. The fraction of sp³-hybridized carbons (Fsp3) is 0.588. The lowest BCUT2D eigenvalue weighted by atomic mass is 9.83. The molecular weight excluding hydrogens is 285 g/mol. The molecule has 1 N–H and O–H groups in total. The van der Waals surface area contributed by atoms with Crippen LogP contribution in [0.25, 0.3) is 0 Å². The van der Waals surface area contributed by atoms with Gasteiger partial charge >= 0.3 is 0 Å². The standard InChI is InChI=1S/C17H22FNO3/c18-15-7-2-1-4-14(15)10-17(12-20)11-19(8-9-22-17)16(21)13-5-3-6-13/h1-2,4,7,13,20H,3,5-6,8-12H2/t17-/m0/s1. The molecule has 1 heterocycles. The minimum Gasteiger partial charge on any atom is -0.393 e. The molecule has 1 aliphatic heterocycles. The third-order valence-corrected chi connectivity index (χ3v) is 4.77. The number of carbonyl (C=O) groups is 1. The molecule has 3 rings (SSSR count). The van der Waals surface area contributed by atoms with E-state index in [9.17, 15) is 14.3 Å². The van der Waals surface area contributed by atoms with Gasteiger partial charge in [0.25, 0.3) is 0 Å². The Kier molecular flexibility index (Phi) is 4.45. The first-order valence-electron chi connectivity index (χ1n) is 7.90. The molecule has 120 valence electrons. The van der Waals surface area contributed by atoms with E-state index in [4.69, 9.17) is 4.74 Å². The van der Waals surface area contributed by atoms with E-state index in [1.165, 1.54) is 6.07 Å². The van der Waals surface area contributed by atoms with Crippen molar-refractivity contribution < 1.29 is 19.0 Å². The average molecular weight is 307 g/mol. The molecule has 0 radical (unpaired) electrons. The number of ether oxygens (including phenoxy) is 1. The molecule has 2 aliphatic rings. The molecule has 1 amide bonds. The van der Waals surface area contributed by atoms with Crippen molar-refractivity contribution in [1.29, 1.82) is 0 Å². The van der Waals surface area contributed by atoms with Crippen molar-refractivity contribution in [1.82, 2.24) is 4.90 Å². The van der Waals surface area contributed by atoms with Crippen molar-refractivity contribution >= 4 is 5.91 Å². The van der Waals surface area contributed by atoms with Crippen LogP contribution in [-0.2, 0) is 16.0 Å². The molecule has 0 aromatic heterocycles. The predicted molar refractivity (Wildman–Crippen MR) is 79.8 cm³/mol. The van der Waals surface area contributed by atoms with Crippen molar-refractivity contribution in [2.45, 2.75) is 31.3 Å². The van der Waals surface area contributed by atoms with E-state index in [1.807, 2.05) is 0 Å². The molecule has 0 spiro atoms. The van der Waals surface area contributed by atoms with Gasteiger partial charge in [0.2, 0.25) is 5.91 Å². The van der Waals surface area contributed by atoms with Gasteiger partial charge in [-0.2, -0.15) is 0 Å². The first-order chi connectivity index (χ1) is 10.6. The van der Waals surface area contributed by atoms with Crippen LogP contribution in [0, 0.1) is 11.7 Å². The zero-order valence-electron chi connectivity index (χ0n) is 12.6. The van der Waals surface area contributed by atoms with Crippen molar-refractivity contribution in [2.75, 3.05) is 26.3 Å². The number of benzene rings is 1. The van der Waals surface area contributed by atoms with Crippen LogP contribution >= 0.6 is 0 Å². The number of hydrogen-bond acceptors (Lipinski definition) is 3. The van der Waals surface area contributed by atoms with Gasteiger partial charge in [-0.3, -0.25) is 4.79 Å². The Bertz CT molecular complexity index is 546. The van der Waals surface area contributed by atoms with Crippen molar-refractivity contribution in [3.8, 4) is 0 Å². The van der Waals surface area contributed by atoms with Gasteiger partial charge in [0.05, 0.1) is 19.8 Å². The molecule has 1 atom stereocenters. The Labute approximate surface area is 129 Å². The van der Waals surface area contributed by atoms with Crippen LogP contribution in [0.3, 0.4) is 0 Å². The van der Waals surface area contributed by atoms with E-state index in [0.29, 0.717) is 25.3 Å². The smallest absolute Gasteiger partial charge is 0.225 e. The second-order valence-electron chi connectivity index (χ2n) is 6.35. The average Bonchev–Trinajstić information content (AvgIpc) is 2.48. The van der Waals surface area contributed by atoms with Gasteiger partial charge in [-0.05, 0) is 24.5 Å². The number of rotatable bonds is 4. The Morgan fingerprint density at radius 2 is 2.18 bits per heavy atom. The largest absolute Gasteiger partial charge is 0.393 e. The van der Waals surface area contributed by atoms with Gasteiger partial charge in [-0.1, -0.05) is 24.6 Å². The van der Waals surface area contributed by atoms with Gasteiger partial charge in [0.15, 0.2) is 0 Å². The zero-order chi connectivity index (χ0) is 15.6. The highest BCUT2D eigenvalue weighted by Crippen LogP contribution is 2.31. The molecule has 4 nitrogen and oxygen atoms in total. The predicted octanol–water partition coefficient (Wildman–Crippen LogP) is 1.76. The lowest BCUT2D eigenvalue weighted by Gasteiger charge is -2.43. The maximum absolute atomic E-state index is 13.9. The number of amides is 1. The molecule has 1 aromatic carbocycles. The highest BCUT2D eigenvalue weighted by molar-refractivity contribution is 5.79. The zero-order valence-corrected chi connectivity index (χ0v) is 12.6. The summed E-state index contributed by atoms with van der Waals surface area (Å²) in [6, 6.07) is 6.51. The number of aliphatic hydroxyl groups excluding tert-OH is 1. The summed E-state index contributed by atoms with van der Waals surface area (Å²) in [4.78, 5) is 14.2. The minimum absolute atomic E-state index is 0.128. The lowest BCUT2D eigenvalue weighted by molar-refractivity contribution is -0.163. The fourth-order valence-corrected chi connectivity index (χ4v) is 3.19. The number of nitrogens with zero attached hydrogens (tertiary/aromatic N) is 1. The summed E-state index contributed by atoms with van der Waals surface area (Å²) in [6.07, 6.45) is 3.29. The topological polar surface area (TPSA) is 49.8 Å². The van der Waals surface area contributed by atoms with E-state index in [-0.39, 0.29) is 30.7 Å². The number of carbonyl (C=O) groups excluding carboxylic acids is 1. The van der Waals surface area contributed by atoms with Gasteiger partial charge in [-0.25, -0.2) is 4.39 Å². The molecule has 1 saturated heterocycles. The summed E-state index contributed by atoms with van der Waals surface area (Å²) in [6.45, 7) is 1.03. The Balaban J connectivity index is 1.74. The van der Waals surface area contributed by atoms with E-state index in [1.54, 1.807) is 23.1 Å². The van der Waals surface area contributed by atoms with Crippen molar-refractivity contribution in [3.63, 3.8) is 0 Å². The Morgan fingerprint density at radius 3 is 2.82 bits per heavy atom. The molecule has 22 heavy (non-hydrogen) atoms. The maximum atomic E-state index is 13.9. The van der Waals surface area contributed by atoms with Gasteiger partial charge in [0, 0.05) is 18.9 Å². The summed E-state index contributed by atoms with van der Waals surface area (Å²) in [5.41, 5.74) is -0.394. The minimum atomic E-state index is -0.903. The number of hydrogen-bond donors (Lipinski definition) is 1. The molecule has 2 fully saturated rings.